The molecule has 2 aromatic heterocycles. The first-order valence-corrected chi connectivity index (χ1v) is 9.74. The number of nitrogens with zero attached hydrogens (tertiary/aromatic N) is 4. The van der Waals surface area contributed by atoms with Crippen LogP contribution in [0.15, 0.2) is 12.7 Å². The van der Waals surface area contributed by atoms with Gasteiger partial charge in [0.05, 0.1) is 6.33 Å². The number of rotatable bonds is 7. The summed E-state index contributed by atoms with van der Waals surface area (Å²) in [6.45, 7) is 8.25. The van der Waals surface area contributed by atoms with Crippen LogP contribution >= 0.6 is 0 Å². The maximum atomic E-state index is 12.5. The van der Waals surface area contributed by atoms with Crippen molar-refractivity contribution >= 4 is 22.9 Å². The molecular formula is C19H30N6O. The van der Waals surface area contributed by atoms with Crippen molar-refractivity contribution in [2.75, 3.05) is 18.0 Å². The zero-order valence-corrected chi connectivity index (χ0v) is 16.0. The third-order valence-electron chi connectivity index (χ3n) is 5.18. The predicted octanol–water partition coefficient (Wildman–Crippen LogP) is 2.90. The van der Waals surface area contributed by atoms with Crippen molar-refractivity contribution in [2.24, 2.45) is 11.8 Å². The molecule has 1 atom stereocenters. The summed E-state index contributed by atoms with van der Waals surface area (Å²) >= 11 is 0. The second kappa shape index (κ2) is 8.47. The molecule has 0 aromatic carbocycles. The van der Waals surface area contributed by atoms with E-state index in [0.717, 1.165) is 49.6 Å². The minimum absolute atomic E-state index is 0.0953. The molecule has 1 amide bonds. The number of anilines is 1. The molecule has 7 heteroatoms. The van der Waals surface area contributed by atoms with Crippen LogP contribution in [0.4, 0.5) is 5.82 Å². The Morgan fingerprint density at radius 2 is 2.00 bits per heavy atom. The first-order valence-electron chi connectivity index (χ1n) is 9.74. The number of H-pyrrole nitrogens is 1. The molecule has 1 fully saturated rings. The number of carbonyl (C=O) groups excluding carboxylic acids is 1. The Bertz CT molecular complexity index is 720. The van der Waals surface area contributed by atoms with Gasteiger partial charge >= 0.3 is 0 Å². The largest absolute Gasteiger partial charge is 0.355 e. The van der Waals surface area contributed by atoms with Gasteiger partial charge in [-0.25, -0.2) is 15.0 Å². The van der Waals surface area contributed by atoms with Crippen molar-refractivity contribution in [3.8, 4) is 0 Å². The molecule has 2 aromatic rings. The molecule has 0 unspecified atom stereocenters. The van der Waals surface area contributed by atoms with Gasteiger partial charge in [-0.05, 0) is 32.1 Å². The van der Waals surface area contributed by atoms with Crippen LogP contribution < -0.4 is 10.2 Å². The van der Waals surface area contributed by atoms with E-state index in [2.05, 4.69) is 50.9 Å². The van der Waals surface area contributed by atoms with Gasteiger partial charge in [-0.1, -0.05) is 26.7 Å². The molecule has 3 heterocycles. The van der Waals surface area contributed by atoms with Crippen LogP contribution in [0.2, 0.25) is 0 Å². The minimum atomic E-state index is 0.0953. The maximum absolute atomic E-state index is 12.5. The number of imidazole rings is 1. The highest BCUT2D eigenvalue weighted by atomic mass is 16.1. The molecule has 142 valence electrons. The fourth-order valence-electron chi connectivity index (χ4n) is 3.61. The number of nitrogens with one attached hydrogen (secondary N) is 2. The number of aromatic nitrogens is 4. The lowest BCUT2D eigenvalue weighted by molar-refractivity contribution is -0.126. The Labute approximate surface area is 155 Å². The summed E-state index contributed by atoms with van der Waals surface area (Å²) < 4.78 is 0. The number of amides is 1. The molecule has 0 radical (unpaired) electrons. The Morgan fingerprint density at radius 1 is 1.23 bits per heavy atom. The standard InChI is InChI=1S/C19H30N6O/c1-13(2)5-4-6-14(3)24-19(26)15-7-9-25(10-8-15)18-16-17(21-11-20-16)22-12-23-18/h11-15H,4-10H2,1-3H3,(H,24,26)(H,20,21,22,23)/t14-/m0/s1. The third kappa shape index (κ3) is 4.51. The highest BCUT2D eigenvalue weighted by Gasteiger charge is 2.27. The van der Waals surface area contributed by atoms with E-state index < -0.39 is 0 Å². The normalized spacial score (nSPS) is 17.0. The Kier molecular flexibility index (Phi) is 6.06. The van der Waals surface area contributed by atoms with Crippen LogP contribution in [0.1, 0.15) is 52.9 Å². The molecule has 0 saturated carbocycles. The summed E-state index contributed by atoms with van der Waals surface area (Å²) in [5.74, 6) is 1.91. The summed E-state index contributed by atoms with van der Waals surface area (Å²) in [7, 11) is 0. The lowest BCUT2D eigenvalue weighted by atomic mass is 9.95. The molecule has 7 nitrogen and oxygen atoms in total. The molecule has 2 N–H and O–H groups in total. The molecule has 3 rings (SSSR count). The van der Waals surface area contributed by atoms with Gasteiger partial charge in [0.2, 0.25) is 5.91 Å². The van der Waals surface area contributed by atoms with E-state index in [0.29, 0.717) is 5.65 Å². The van der Waals surface area contributed by atoms with Gasteiger partial charge in [-0.3, -0.25) is 4.79 Å². The zero-order valence-electron chi connectivity index (χ0n) is 16.0. The Balaban J connectivity index is 1.49. The number of piperidine rings is 1. The smallest absolute Gasteiger partial charge is 0.223 e. The van der Waals surface area contributed by atoms with Crippen LogP contribution in [0.25, 0.3) is 11.2 Å². The van der Waals surface area contributed by atoms with Crippen LogP contribution in [-0.2, 0) is 4.79 Å². The maximum Gasteiger partial charge on any atom is 0.223 e. The second-order valence-corrected chi connectivity index (χ2v) is 7.79. The molecule has 0 bridgehead atoms. The van der Waals surface area contributed by atoms with Crippen molar-refractivity contribution in [3.63, 3.8) is 0 Å². The number of carbonyl (C=O) groups is 1. The zero-order chi connectivity index (χ0) is 18.5. The predicted molar refractivity (Wildman–Crippen MR) is 103 cm³/mol. The summed E-state index contributed by atoms with van der Waals surface area (Å²) in [6, 6.07) is 0.255. The SMILES string of the molecule is CC(C)CCC[C@H](C)NC(=O)C1CCN(c2ncnc3nc[nH]c23)CC1. The van der Waals surface area contributed by atoms with Gasteiger partial charge < -0.3 is 15.2 Å². The van der Waals surface area contributed by atoms with E-state index in [4.69, 9.17) is 0 Å². The molecule has 1 saturated heterocycles. The number of hydrogen-bond acceptors (Lipinski definition) is 5. The molecule has 26 heavy (non-hydrogen) atoms. The lowest BCUT2D eigenvalue weighted by Crippen LogP contribution is -2.43. The van der Waals surface area contributed by atoms with E-state index in [-0.39, 0.29) is 17.9 Å². The van der Waals surface area contributed by atoms with E-state index in [1.54, 1.807) is 12.7 Å². The van der Waals surface area contributed by atoms with E-state index in [1.807, 2.05) is 0 Å². The average Bonchev–Trinajstić information content (AvgIpc) is 3.10. The molecule has 0 aliphatic carbocycles. The number of hydrogen-bond donors (Lipinski definition) is 2. The van der Waals surface area contributed by atoms with Gasteiger partial charge in [0.1, 0.15) is 11.8 Å². The average molecular weight is 358 g/mol. The molecular weight excluding hydrogens is 328 g/mol. The molecule has 1 aliphatic rings. The van der Waals surface area contributed by atoms with Gasteiger partial charge in [-0.15, -0.1) is 0 Å². The highest BCUT2D eigenvalue weighted by Crippen LogP contribution is 2.26. The van der Waals surface area contributed by atoms with Crippen molar-refractivity contribution in [1.29, 1.82) is 0 Å². The third-order valence-corrected chi connectivity index (χ3v) is 5.18. The molecule has 1 aliphatic heterocycles. The van der Waals surface area contributed by atoms with E-state index in [9.17, 15) is 4.79 Å². The van der Waals surface area contributed by atoms with Crippen molar-refractivity contribution in [2.45, 2.75) is 58.9 Å². The van der Waals surface area contributed by atoms with E-state index in [1.165, 1.54) is 12.8 Å². The van der Waals surface area contributed by atoms with Crippen molar-refractivity contribution in [3.05, 3.63) is 12.7 Å². The van der Waals surface area contributed by atoms with Crippen LogP contribution in [0.3, 0.4) is 0 Å². The lowest BCUT2D eigenvalue weighted by Gasteiger charge is -2.32. The van der Waals surface area contributed by atoms with Crippen molar-refractivity contribution in [1.82, 2.24) is 25.3 Å². The first-order chi connectivity index (χ1) is 12.5. The summed E-state index contributed by atoms with van der Waals surface area (Å²) in [5, 5.41) is 3.20. The topological polar surface area (TPSA) is 86.8 Å². The summed E-state index contributed by atoms with van der Waals surface area (Å²) in [5.41, 5.74) is 1.55. The first kappa shape index (κ1) is 18.6. The fourth-order valence-corrected chi connectivity index (χ4v) is 3.61. The quantitative estimate of drug-likeness (QED) is 0.795. The van der Waals surface area contributed by atoms with Crippen molar-refractivity contribution < 1.29 is 4.79 Å². The summed E-state index contributed by atoms with van der Waals surface area (Å²) in [4.78, 5) is 30.6. The Hall–Kier alpha value is -2.18. The minimum Gasteiger partial charge on any atom is -0.355 e. The van der Waals surface area contributed by atoms with Crippen LogP contribution in [0, 0.1) is 11.8 Å². The molecule has 0 spiro atoms. The van der Waals surface area contributed by atoms with Crippen LogP contribution in [-0.4, -0.2) is 45.0 Å². The highest BCUT2D eigenvalue weighted by molar-refractivity contribution is 5.83. The fraction of sp³-hybridized carbons (Fsp3) is 0.684. The summed E-state index contributed by atoms with van der Waals surface area (Å²) in [6.07, 6.45) is 8.35. The Morgan fingerprint density at radius 3 is 2.73 bits per heavy atom. The number of aromatic amines is 1. The van der Waals surface area contributed by atoms with Crippen LogP contribution in [0.5, 0.6) is 0 Å². The van der Waals surface area contributed by atoms with E-state index >= 15 is 0 Å². The van der Waals surface area contributed by atoms with Gasteiger partial charge in [0, 0.05) is 25.0 Å². The van der Waals surface area contributed by atoms with Gasteiger partial charge in [0.15, 0.2) is 11.5 Å². The van der Waals surface area contributed by atoms with Gasteiger partial charge in [-0.2, -0.15) is 0 Å². The number of fused-ring (bicyclic) bond motifs is 1. The monoisotopic (exact) mass is 358 g/mol. The second-order valence-electron chi connectivity index (χ2n) is 7.79. The van der Waals surface area contributed by atoms with Gasteiger partial charge in [0.25, 0.3) is 0 Å².